The smallest absolute Gasteiger partial charge is 0.225 e. The van der Waals surface area contributed by atoms with Crippen molar-refractivity contribution in [3.05, 3.63) is 39.9 Å². The van der Waals surface area contributed by atoms with E-state index < -0.39 is 0 Å². The first-order valence-electron chi connectivity index (χ1n) is 12.2. The third kappa shape index (κ3) is 4.77. The van der Waals surface area contributed by atoms with Gasteiger partial charge in [0.15, 0.2) is 5.13 Å². The summed E-state index contributed by atoms with van der Waals surface area (Å²) < 4.78 is 0. The summed E-state index contributed by atoms with van der Waals surface area (Å²) in [7, 11) is 0. The normalized spacial score (nSPS) is 20.9. The molecular formula is C25H33N5O2S. The van der Waals surface area contributed by atoms with Crippen molar-refractivity contribution in [1.82, 2.24) is 14.8 Å². The number of hydrogen-bond acceptors (Lipinski definition) is 7. The number of aromatic nitrogens is 1. The van der Waals surface area contributed by atoms with Gasteiger partial charge in [-0.1, -0.05) is 30.1 Å². The fourth-order valence-corrected chi connectivity index (χ4v) is 6.37. The van der Waals surface area contributed by atoms with E-state index in [1.54, 1.807) is 11.3 Å². The molecule has 1 aromatic carbocycles. The van der Waals surface area contributed by atoms with Crippen LogP contribution in [0.4, 0.5) is 10.8 Å². The number of piperazine rings is 1. The molecule has 2 aliphatic carbocycles. The van der Waals surface area contributed by atoms with Crippen molar-refractivity contribution in [2.75, 3.05) is 31.5 Å². The van der Waals surface area contributed by atoms with E-state index >= 15 is 0 Å². The molecule has 1 aliphatic heterocycles. The van der Waals surface area contributed by atoms with E-state index in [1.165, 1.54) is 28.8 Å². The first kappa shape index (κ1) is 22.3. The average molecular weight is 468 g/mol. The number of carbonyl (C=O) groups excluding carboxylic acids is 1. The van der Waals surface area contributed by atoms with Gasteiger partial charge in [0.05, 0.1) is 0 Å². The fraction of sp³-hybridized carbons (Fsp3) is 0.560. The number of fused-ring (bicyclic) bond motifs is 1. The van der Waals surface area contributed by atoms with Crippen molar-refractivity contribution in [2.24, 2.45) is 11.1 Å². The Kier molecular flexibility index (Phi) is 6.64. The van der Waals surface area contributed by atoms with Crippen LogP contribution in [0.15, 0.2) is 23.4 Å². The summed E-state index contributed by atoms with van der Waals surface area (Å²) in [5.41, 5.74) is 5.13. The highest BCUT2D eigenvalue weighted by atomic mass is 32.1. The molecular weight excluding hydrogens is 434 g/mol. The maximum absolute atomic E-state index is 12.7. The molecule has 8 heteroatoms. The van der Waals surface area contributed by atoms with E-state index in [0.29, 0.717) is 11.6 Å². The van der Waals surface area contributed by atoms with Crippen LogP contribution in [0.3, 0.4) is 0 Å². The summed E-state index contributed by atoms with van der Waals surface area (Å²) in [6.07, 6.45) is 7.34. The molecule has 2 heterocycles. The third-order valence-electron chi connectivity index (χ3n) is 7.38. The van der Waals surface area contributed by atoms with E-state index in [9.17, 15) is 10.0 Å². The Labute approximate surface area is 199 Å². The molecule has 2 fully saturated rings. The lowest BCUT2D eigenvalue weighted by atomic mass is 10.0. The number of thiazole rings is 1. The molecule has 3 aliphatic rings. The molecule has 0 bridgehead atoms. The molecule has 5 rings (SSSR count). The van der Waals surface area contributed by atoms with Crippen molar-refractivity contribution < 1.29 is 10.0 Å². The lowest BCUT2D eigenvalue weighted by Gasteiger charge is -2.36. The highest BCUT2D eigenvalue weighted by molar-refractivity contribution is 7.16. The summed E-state index contributed by atoms with van der Waals surface area (Å²) in [4.78, 5) is 23.2. The number of benzene rings is 1. The number of amides is 1. The van der Waals surface area contributed by atoms with Crippen molar-refractivity contribution >= 4 is 33.8 Å². The average Bonchev–Trinajstić information content (AvgIpc) is 3.51. The second kappa shape index (κ2) is 9.81. The summed E-state index contributed by atoms with van der Waals surface area (Å²) in [6.45, 7) is 6.59. The third-order valence-corrected chi connectivity index (χ3v) is 8.41. The molecule has 1 aromatic heterocycles. The Balaban J connectivity index is 1.22. The van der Waals surface area contributed by atoms with Crippen molar-refractivity contribution in [2.45, 2.75) is 58.4 Å². The van der Waals surface area contributed by atoms with Crippen molar-refractivity contribution in [3.63, 3.8) is 0 Å². The van der Waals surface area contributed by atoms with Crippen LogP contribution in [0.1, 0.15) is 60.2 Å². The Bertz CT molecular complexity index is 1040. The summed E-state index contributed by atoms with van der Waals surface area (Å²) >= 11 is 1.65. The Morgan fingerprint density at radius 2 is 1.97 bits per heavy atom. The van der Waals surface area contributed by atoms with Gasteiger partial charge in [-0.05, 0) is 56.2 Å². The molecule has 0 radical (unpaired) electrons. The van der Waals surface area contributed by atoms with Gasteiger partial charge in [0.1, 0.15) is 11.4 Å². The SMILES string of the molecule is Cc1c(CN2CCN(C(=O)C3CCCC3)CC2)cccc1Nc1nc2c(s1)CCC/C2=N\O. The predicted octanol–water partition coefficient (Wildman–Crippen LogP) is 4.54. The number of nitrogens with one attached hydrogen (secondary N) is 1. The van der Waals surface area contributed by atoms with Crippen molar-refractivity contribution in [3.8, 4) is 0 Å². The van der Waals surface area contributed by atoms with Crippen LogP contribution in [0, 0.1) is 12.8 Å². The molecule has 176 valence electrons. The van der Waals surface area contributed by atoms with Crippen LogP contribution >= 0.6 is 11.3 Å². The van der Waals surface area contributed by atoms with Crippen molar-refractivity contribution in [1.29, 1.82) is 0 Å². The number of carbonyl (C=O) groups is 1. The molecule has 33 heavy (non-hydrogen) atoms. The van der Waals surface area contributed by atoms with Gasteiger partial charge in [0.25, 0.3) is 0 Å². The van der Waals surface area contributed by atoms with Crippen LogP contribution in [0.25, 0.3) is 0 Å². The largest absolute Gasteiger partial charge is 0.411 e. The first-order valence-corrected chi connectivity index (χ1v) is 13.0. The quantitative estimate of drug-likeness (QED) is 0.498. The summed E-state index contributed by atoms with van der Waals surface area (Å²) in [5.74, 6) is 0.660. The molecule has 2 N–H and O–H groups in total. The minimum absolute atomic E-state index is 0.276. The van der Waals surface area contributed by atoms with E-state index in [0.717, 1.165) is 81.3 Å². The number of nitrogens with zero attached hydrogens (tertiary/aromatic N) is 4. The number of oxime groups is 1. The van der Waals surface area contributed by atoms with Gasteiger partial charge in [-0.15, -0.1) is 11.3 Å². The highest BCUT2D eigenvalue weighted by Gasteiger charge is 2.29. The standard InChI is InChI=1S/C25H33N5O2S/c1-17-19(16-29-12-14-30(15-13-29)24(31)18-6-2-3-7-18)8-4-9-20(17)26-25-27-23-21(28-32)10-5-11-22(23)33-25/h4,8-9,18,32H,2-3,5-7,10-16H2,1H3,(H,26,27)/b28-21+. The Morgan fingerprint density at radius 1 is 1.18 bits per heavy atom. The van der Waals surface area contributed by atoms with Gasteiger partial charge >= 0.3 is 0 Å². The van der Waals surface area contributed by atoms with Gasteiger partial charge < -0.3 is 15.4 Å². The number of rotatable bonds is 5. The monoisotopic (exact) mass is 467 g/mol. The van der Waals surface area contributed by atoms with E-state index in [-0.39, 0.29) is 5.92 Å². The minimum atomic E-state index is 0.276. The van der Waals surface area contributed by atoms with Crippen LogP contribution in [0.5, 0.6) is 0 Å². The number of anilines is 2. The maximum atomic E-state index is 12.7. The molecule has 1 amide bonds. The van der Waals surface area contributed by atoms with Gasteiger partial charge in [-0.2, -0.15) is 0 Å². The van der Waals surface area contributed by atoms with Crippen LogP contribution in [0.2, 0.25) is 0 Å². The van der Waals surface area contributed by atoms with Gasteiger partial charge in [0.2, 0.25) is 5.91 Å². The first-order chi connectivity index (χ1) is 16.1. The Morgan fingerprint density at radius 3 is 2.73 bits per heavy atom. The lowest BCUT2D eigenvalue weighted by molar-refractivity contribution is -0.137. The van der Waals surface area contributed by atoms with Crippen LogP contribution < -0.4 is 5.32 Å². The minimum Gasteiger partial charge on any atom is -0.411 e. The summed E-state index contributed by atoms with van der Waals surface area (Å²) in [5, 5.41) is 17.1. The lowest BCUT2D eigenvalue weighted by Crippen LogP contribution is -2.49. The van der Waals surface area contributed by atoms with Gasteiger partial charge in [-0.3, -0.25) is 9.69 Å². The van der Waals surface area contributed by atoms with E-state index in [2.05, 4.69) is 45.4 Å². The predicted molar refractivity (Wildman–Crippen MR) is 132 cm³/mol. The number of hydrogen-bond donors (Lipinski definition) is 2. The van der Waals surface area contributed by atoms with Crippen LogP contribution in [-0.4, -0.2) is 57.8 Å². The fourth-order valence-electron chi connectivity index (χ4n) is 5.34. The molecule has 1 saturated carbocycles. The molecule has 2 aromatic rings. The summed E-state index contributed by atoms with van der Waals surface area (Å²) in [6, 6.07) is 6.39. The molecule has 7 nitrogen and oxygen atoms in total. The van der Waals surface area contributed by atoms with Gasteiger partial charge in [0, 0.05) is 49.2 Å². The second-order valence-corrected chi connectivity index (χ2v) is 10.6. The molecule has 1 saturated heterocycles. The molecule has 0 spiro atoms. The topological polar surface area (TPSA) is 81.1 Å². The zero-order valence-corrected chi connectivity index (χ0v) is 20.2. The second-order valence-electron chi connectivity index (χ2n) is 9.49. The molecule has 0 atom stereocenters. The molecule has 0 unspecified atom stereocenters. The number of aryl methyl sites for hydroxylation is 1. The van der Waals surface area contributed by atoms with Gasteiger partial charge in [-0.25, -0.2) is 4.98 Å². The zero-order chi connectivity index (χ0) is 22.8. The Hall–Kier alpha value is -2.45. The highest BCUT2D eigenvalue weighted by Crippen LogP contribution is 2.33. The maximum Gasteiger partial charge on any atom is 0.225 e. The van der Waals surface area contributed by atoms with E-state index in [1.807, 2.05) is 0 Å². The van der Waals surface area contributed by atoms with Crippen LogP contribution in [-0.2, 0) is 17.8 Å². The zero-order valence-electron chi connectivity index (χ0n) is 19.3. The van der Waals surface area contributed by atoms with E-state index in [4.69, 9.17) is 4.98 Å².